The molecule has 3 heterocycles. The maximum atomic E-state index is 10.8. The van der Waals surface area contributed by atoms with E-state index in [0.29, 0.717) is 39.1 Å². The highest BCUT2D eigenvalue weighted by Gasteiger charge is 2.56. The van der Waals surface area contributed by atoms with Crippen LogP contribution in [0.5, 0.6) is 0 Å². The van der Waals surface area contributed by atoms with Crippen LogP contribution in [0.3, 0.4) is 0 Å². The molecule has 0 spiro atoms. The van der Waals surface area contributed by atoms with Crippen molar-refractivity contribution in [1.29, 1.82) is 0 Å². The molecular formula is C18H34O9. The van der Waals surface area contributed by atoms with Crippen molar-refractivity contribution in [3.63, 3.8) is 0 Å². The van der Waals surface area contributed by atoms with E-state index in [1.165, 1.54) is 0 Å². The fourth-order valence-electron chi connectivity index (χ4n) is 3.04. The van der Waals surface area contributed by atoms with Crippen molar-refractivity contribution < 1.29 is 44.8 Å². The fourth-order valence-corrected chi connectivity index (χ4v) is 3.04. The molecule has 0 aromatic rings. The maximum Gasteiger partial charge on any atom is 0.119 e. The molecule has 3 aliphatic heterocycles. The van der Waals surface area contributed by atoms with Gasteiger partial charge in [-0.25, -0.2) is 0 Å². The molecule has 9 heteroatoms. The lowest BCUT2D eigenvalue weighted by molar-refractivity contribution is -0.188. The van der Waals surface area contributed by atoms with Gasteiger partial charge in [-0.2, -0.15) is 0 Å². The zero-order chi connectivity index (χ0) is 20.1. The van der Waals surface area contributed by atoms with Crippen molar-refractivity contribution in [2.45, 2.75) is 62.1 Å². The van der Waals surface area contributed by atoms with Gasteiger partial charge in [0.25, 0.3) is 0 Å². The number of epoxide rings is 3. The van der Waals surface area contributed by atoms with Crippen LogP contribution in [-0.2, 0) is 14.2 Å². The molecule has 3 aliphatic rings. The Labute approximate surface area is 159 Å². The average Bonchev–Trinajstić information content (AvgIpc) is 3.49. The Bertz CT molecular complexity index is 413. The van der Waals surface area contributed by atoms with Gasteiger partial charge in [-0.05, 0) is 6.42 Å². The highest BCUT2D eigenvalue weighted by Crippen LogP contribution is 2.41. The van der Waals surface area contributed by atoms with Gasteiger partial charge in [0.2, 0.25) is 0 Å². The lowest BCUT2D eigenvalue weighted by Gasteiger charge is -2.42. The first-order chi connectivity index (χ1) is 12.8. The van der Waals surface area contributed by atoms with Crippen LogP contribution in [0.2, 0.25) is 0 Å². The average molecular weight is 394 g/mol. The predicted molar refractivity (Wildman–Crippen MR) is 94.0 cm³/mol. The van der Waals surface area contributed by atoms with Crippen LogP contribution in [0.15, 0.2) is 0 Å². The normalized spacial score (nSPS) is 30.6. The molecule has 6 N–H and O–H groups in total. The van der Waals surface area contributed by atoms with Crippen molar-refractivity contribution in [2.75, 3.05) is 46.2 Å². The molecule has 0 amide bonds. The number of hydrogen-bond acceptors (Lipinski definition) is 9. The third-order valence-electron chi connectivity index (χ3n) is 5.79. The second kappa shape index (κ2) is 9.43. The Hall–Kier alpha value is -0.360. The van der Waals surface area contributed by atoms with Crippen LogP contribution in [0.25, 0.3) is 0 Å². The zero-order valence-electron chi connectivity index (χ0n) is 15.9. The van der Waals surface area contributed by atoms with Gasteiger partial charge in [0, 0.05) is 24.7 Å². The topological polar surface area (TPSA) is 159 Å². The van der Waals surface area contributed by atoms with Gasteiger partial charge >= 0.3 is 0 Å². The van der Waals surface area contributed by atoms with Gasteiger partial charge in [-0.3, -0.25) is 0 Å². The van der Waals surface area contributed by atoms with Crippen molar-refractivity contribution in [3.8, 4) is 0 Å². The second-order valence-corrected chi connectivity index (χ2v) is 8.03. The number of aliphatic hydroxyl groups is 6. The van der Waals surface area contributed by atoms with Crippen LogP contribution >= 0.6 is 0 Å². The van der Waals surface area contributed by atoms with E-state index in [9.17, 15) is 15.3 Å². The van der Waals surface area contributed by atoms with Crippen LogP contribution in [0, 0.1) is 5.41 Å². The van der Waals surface area contributed by atoms with E-state index < -0.39 is 23.2 Å². The monoisotopic (exact) mass is 394 g/mol. The minimum atomic E-state index is -1.55. The largest absolute Gasteiger partial charge is 0.396 e. The first kappa shape index (κ1) is 22.9. The van der Waals surface area contributed by atoms with E-state index in [1.54, 1.807) is 0 Å². The van der Waals surface area contributed by atoms with Gasteiger partial charge < -0.3 is 44.8 Å². The quantitative estimate of drug-likeness (QED) is 0.209. The first-order valence-corrected chi connectivity index (χ1v) is 9.52. The highest BCUT2D eigenvalue weighted by molar-refractivity contribution is 5.06. The predicted octanol–water partition coefficient (Wildman–Crippen LogP) is -1.83. The zero-order valence-corrected chi connectivity index (χ0v) is 15.9. The van der Waals surface area contributed by atoms with Crippen molar-refractivity contribution in [1.82, 2.24) is 0 Å². The van der Waals surface area contributed by atoms with Crippen molar-refractivity contribution in [2.24, 2.45) is 5.41 Å². The molecule has 3 saturated heterocycles. The summed E-state index contributed by atoms with van der Waals surface area (Å²) < 4.78 is 15.4. The standard InChI is InChI=1S/C12H20O6.C6H14O3/c13-7-12(15,3-10-6-18-10)11(14,1-8-4-16-8)2-9-5-17-9;1-2-6(3-7,4-8)5-9/h8-10,13-15H,1-7H2;7-9H,2-5H2,1H3. The molecule has 4 unspecified atom stereocenters. The Morgan fingerprint density at radius 2 is 1.00 bits per heavy atom. The minimum Gasteiger partial charge on any atom is -0.396 e. The van der Waals surface area contributed by atoms with E-state index in [4.69, 9.17) is 29.5 Å². The van der Waals surface area contributed by atoms with E-state index in [2.05, 4.69) is 0 Å². The number of aliphatic hydroxyl groups excluding tert-OH is 4. The number of hydrogen-bond donors (Lipinski definition) is 6. The van der Waals surface area contributed by atoms with Crippen LogP contribution in [0.4, 0.5) is 0 Å². The Morgan fingerprint density at radius 3 is 1.19 bits per heavy atom. The third-order valence-corrected chi connectivity index (χ3v) is 5.79. The summed E-state index contributed by atoms with van der Waals surface area (Å²) in [5, 5.41) is 56.9. The van der Waals surface area contributed by atoms with Gasteiger partial charge in [0.1, 0.15) is 11.2 Å². The fraction of sp³-hybridized carbons (Fsp3) is 1.00. The van der Waals surface area contributed by atoms with Crippen LogP contribution in [0.1, 0.15) is 32.6 Å². The molecule has 0 radical (unpaired) electrons. The summed E-state index contributed by atoms with van der Waals surface area (Å²) in [4.78, 5) is 0. The SMILES string of the molecule is CCC(CO)(CO)CO.OCC(O)(CC1CO1)C(O)(CC1CO1)CC1CO1. The number of rotatable bonds is 12. The highest BCUT2D eigenvalue weighted by atomic mass is 16.6. The second-order valence-electron chi connectivity index (χ2n) is 8.03. The summed E-state index contributed by atoms with van der Waals surface area (Å²) in [7, 11) is 0. The lowest BCUT2D eigenvalue weighted by Crippen LogP contribution is -2.59. The van der Waals surface area contributed by atoms with Gasteiger partial charge in [-0.1, -0.05) is 6.92 Å². The summed E-state index contributed by atoms with van der Waals surface area (Å²) in [6.45, 7) is 2.66. The van der Waals surface area contributed by atoms with Crippen LogP contribution in [-0.4, -0.2) is 106 Å². The van der Waals surface area contributed by atoms with Gasteiger partial charge in [-0.15, -0.1) is 0 Å². The summed E-state index contributed by atoms with van der Waals surface area (Å²) in [5.41, 5.74) is -3.60. The van der Waals surface area contributed by atoms with Crippen molar-refractivity contribution >= 4 is 0 Å². The number of ether oxygens (including phenoxy) is 3. The van der Waals surface area contributed by atoms with E-state index in [-0.39, 0.29) is 44.6 Å². The van der Waals surface area contributed by atoms with E-state index >= 15 is 0 Å². The summed E-state index contributed by atoms with van der Waals surface area (Å²) >= 11 is 0. The Kier molecular flexibility index (Phi) is 8.00. The molecule has 0 saturated carbocycles. The van der Waals surface area contributed by atoms with Gasteiger partial charge in [0.15, 0.2) is 0 Å². The van der Waals surface area contributed by atoms with E-state index in [1.807, 2.05) is 6.92 Å². The molecule has 3 rings (SSSR count). The van der Waals surface area contributed by atoms with Gasteiger partial charge in [0.05, 0.1) is 64.6 Å². The Morgan fingerprint density at radius 1 is 0.667 bits per heavy atom. The molecule has 27 heavy (non-hydrogen) atoms. The Balaban J connectivity index is 0.000000249. The minimum absolute atomic E-state index is 0.0213. The van der Waals surface area contributed by atoms with Crippen LogP contribution < -0.4 is 0 Å². The molecule has 4 atom stereocenters. The third kappa shape index (κ3) is 6.31. The first-order valence-electron chi connectivity index (χ1n) is 9.52. The summed E-state index contributed by atoms with van der Waals surface area (Å²) in [5.74, 6) is 0. The molecule has 0 aromatic heterocycles. The van der Waals surface area contributed by atoms with Crippen molar-refractivity contribution in [3.05, 3.63) is 0 Å². The molecule has 0 bridgehead atoms. The maximum absolute atomic E-state index is 10.8. The summed E-state index contributed by atoms with van der Waals surface area (Å²) in [6.07, 6.45) is 1.40. The molecule has 0 aliphatic carbocycles. The molecule has 3 fully saturated rings. The molecule has 9 nitrogen and oxygen atoms in total. The molecular weight excluding hydrogens is 360 g/mol. The van der Waals surface area contributed by atoms with E-state index in [0.717, 1.165) is 0 Å². The molecule has 0 aromatic carbocycles. The summed E-state index contributed by atoms with van der Waals surface area (Å²) in [6, 6.07) is 0. The lowest BCUT2D eigenvalue weighted by atomic mass is 9.74. The molecule has 160 valence electrons. The smallest absolute Gasteiger partial charge is 0.119 e.